The number of benzene rings is 1. The van der Waals surface area contributed by atoms with Crippen LogP contribution in [0.1, 0.15) is 29.3 Å². The molecule has 1 saturated heterocycles. The summed E-state index contributed by atoms with van der Waals surface area (Å²) in [7, 11) is 0. The summed E-state index contributed by atoms with van der Waals surface area (Å²) in [5.74, 6) is -0.211. The molecule has 11 heteroatoms. The number of anilines is 1. The highest BCUT2D eigenvalue weighted by Gasteiger charge is 2.21. The zero-order valence-corrected chi connectivity index (χ0v) is 20.4. The maximum absolute atomic E-state index is 12.8. The molecule has 0 radical (unpaired) electrons. The van der Waals surface area contributed by atoms with E-state index in [-0.39, 0.29) is 24.5 Å². The van der Waals surface area contributed by atoms with Crippen molar-refractivity contribution in [1.82, 2.24) is 20.1 Å². The van der Waals surface area contributed by atoms with E-state index < -0.39 is 0 Å². The van der Waals surface area contributed by atoms with Gasteiger partial charge in [0.2, 0.25) is 0 Å². The lowest BCUT2D eigenvalue weighted by Crippen LogP contribution is -2.41. The van der Waals surface area contributed by atoms with Crippen LogP contribution in [-0.4, -0.2) is 72.2 Å². The van der Waals surface area contributed by atoms with Crippen LogP contribution in [0.25, 0.3) is 0 Å². The van der Waals surface area contributed by atoms with E-state index >= 15 is 0 Å². The number of morpholine rings is 1. The molecule has 1 aliphatic rings. The number of aromatic nitrogens is 1. The highest BCUT2D eigenvalue weighted by atomic mass is 35.5. The van der Waals surface area contributed by atoms with Crippen LogP contribution in [0.2, 0.25) is 10.0 Å². The Kier molecular flexibility index (Phi) is 9.12. The number of carbonyl (C=O) groups excluding carboxylic acids is 2. The van der Waals surface area contributed by atoms with Gasteiger partial charge in [-0.05, 0) is 32.0 Å². The second-order valence-electron chi connectivity index (χ2n) is 7.62. The Morgan fingerprint density at radius 3 is 2.69 bits per heavy atom. The number of rotatable bonds is 8. The maximum Gasteiger partial charge on any atom is 0.322 e. The minimum atomic E-state index is -0.287. The van der Waals surface area contributed by atoms with Gasteiger partial charge in [0.1, 0.15) is 10.7 Å². The van der Waals surface area contributed by atoms with Crippen LogP contribution in [0.5, 0.6) is 0 Å². The number of hydrogen-bond acceptors (Lipinski definition) is 6. The van der Waals surface area contributed by atoms with Gasteiger partial charge in [-0.15, -0.1) is 11.3 Å². The molecule has 2 aromatic rings. The molecule has 3 rings (SSSR count). The Labute approximate surface area is 201 Å². The zero-order valence-electron chi connectivity index (χ0n) is 18.1. The summed E-state index contributed by atoms with van der Waals surface area (Å²) in [4.78, 5) is 33.6. The van der Waals surface area contributed by atoms with E-state index in [1.165, 1.54) is 11.3 Å². The Bertz CT molecular complexity index is 934. The van der Waals surface area contributed by atoms with Crippen molar-refractivity contribution in [1.29, 1.82) is 0 Å². The lowest BCUT2D eigenvalue weighted by atomic mass is 10.3. The SMILES string of the molecule is CC(C)N(Cc1nc(C(=O)NCCN2CCOCC2)cs1)C(=O)Nc1ccc(Cl)c(Cl)c1. The monoisotopic (exact) mass is 499 g/mol. The molecule has 174 valence electrons. The highest BCUT2D eigenvalue weighted by Crippen LogP contribution is 2.25. The van der Waals surface area contributed by atoms with E-state index in [0.29, 0.717) is 33.0 Å². The molecular formula is C21H27Cl2N5O3S. The summed E-state index contributed by atoms with van der Waals surface area (Å²) >= 11 is 13.3. The van der Waals surface area contributed by atoms with Crippen LogP contribution in [0.15, 0.2) is 23.6 Å². The third-order valence-corrected chi connectivity index (χ3v) is 6.53. The number of ether oxygens (including phenoxy) is 1. The molecule has 0 spiro atoms. The lowest BCUT2D eigenvalue weighted by molar-refractivity contribution is 0.0383. The summed E-state index contributed by atoms with van der Waals surface area (Å²) < 4.78 is 5.33. The largest absolute Gasteiger partial charge is 0.379 e. The molecule has 1 aromatic carbocycles. The quantitative estimate of drug-likeness (QED) is 0.573. The molecule has 8 nitrogen and oxygen atoms in total. The molecule has 1 aliphatic heterocycles. The molecule has 0 saturated carbocycles. The highest BCUT2D eigenvalue weighted by molar-refractivity contribution is 7.09. The van der Waals surface area contributed by atoms with Crippen LogP contribution in [0.3, 0.4) is 0 Å². The van der Waals surface area contributed by atoms with E-state index in [1.807, 2.05) is 13.8 Å². The third-order valence-electron chi connectivity index (χ3n) is 4.96. The molecule has 0 bridgehead atoms. The van der Waals surface area contributed by atoms with Crippen molar-refractivity contribution < 1.29 is 14.3 Å². The summed E-state index contributed by atoms with van der Waals surface area (Å²) in [6.45, 7) is 8.68. The fraction of sp³-hybridized carbons (Fsp3) is 0.476. The van der Waals surface area contributed by atoms with Crippen molar-refractivity contribution in [2.45, 2.75) is 26.4 Å². The summed E-state index contributed by atoms with van der Waals surface area (Å²) in [5.41, 5.74) is 0.912. The first-order valence-corrected chi connectivity index (χ1v) is 12.0. The molecule has 3 amide bonds. The molecular weight excluding hydrogens is 473 g/mol. The van der Waals surface area contributed by atoms with Gasteiger partial charge >= 0.3 is 6.03 Å². The Hall–Kier alpha value is -1.91. The Morgan fingerprint density at radius 1 is 1.25 bits per heavy atom. The average molecular weight is 500 g/mol. The molecule has 0 atom stereocenters. The fourth-order valence-electron chi connectivity index (χ4n) is 3.13. The number of amides is 3. The molecule has 0 unspecified atom stereocenters. The summed E-state index contributed by atoms with van der Waals surface area (Å²) in [6, 6.07) is 4.55. The summed E-state index contributed by atoms with van der Waals surface area (Å²) in [5, 5.41) is 8.92. The van der Waals surface area contributed by atoms with E-state index in [1.54, 1.807) is 28.5 Å². The first-order valence-electron chi connectivity index (χ1n) is 10.4. The average Bonchev–Trinajstić information content (AvgIpc) is 3.24. The van der Waals surface area contributed by atoms with Crippen molar-refractivity contribution in [3.8, 4) is 0 Å². The molecule has 2 N–H and O–H groups in total. The molecule has 0 aliphatic carbocycles. The number of nitrogens with one attached hydrogen (secondary N) is 2. The number of carbonyl (C=O) groups is 2. The maximum atomic E-state index is 12.8. The van der Waals surface area contributed by atoms with Gasteiger partial charge in [0.25, 0.3) is 5.91 Å². The Balaban J connectivity index is 1.54. The van der Waals surface area contributed by atoms with Crippen molar-refractivity contribution >= 4 is 52.2 Å². The van der Waals surface area contributed by atoms with Crippen LogP contribution in [0, 0.1) is 0 Å². The van der Waals surface area contributed by atoms with E-state index in [0.717, 1.165) is 32.8 Å². The van der Waals surface area contributed by atoms with Crippen LogP contribution >= 0.6 is 34.5 Å². The topological polar surface area (TPSA) is 86.8 Å². The van der Waals surface area contributed by atoms with Gasteiger partial charge in [0.15, 0.2) is 0 Å². The van der Waals surface area contributed by atoms with Crippen molar-refractivity contribution in [3.63, 3.8) is 0 Å². The standard InChI is InChI=1S/C21H27Cl2N5O3S/c1-14(2)28(21(30)25-15-3-4-16(22)17(23)11-15)12-19-26-18(13-32-19)20(29)24-5-6-27-7-9-31-10-8-27/h3-4,11,13-14H,5-10,12H2,1-2H3,(H,24,29)(H,25,30). The molecule has 2 heterocycles. The van der Waals surface area contributed by atoms with Crippen molar-refractivity contribution in [2.24, 2.45) is 0 Å². The van der Waals surface area contributed by atoms with E-state index in [4.69, 9.17) is 27.9 Å². The van der Waals surface area contributed by atoms with Gasteiger partial charge in [0.05, 0.1) is 29.8 Å². The van der Waals surface area contributed by atoms with Gasteiger partial charge in [-0.2, -0.15) is 0 Å². The number of hydrogen-bond donors (Lipinski definition) is 2. The number of halogens is 2. The second kappa shape index (κ2) is 11.8. The predicted octanol–water partition coefficient (Wildman–Crippen LogP) is 3.95. The smallest absolute Gasteiger partial charge is 0.322 e. The number of nitrogens with zero attached hydrogens (tertiary/aromatic N) is 3. The van der Waals surface area contributed by atoms with Crippen LogP contribution < -0.4 is 10.6 Å². The molecule has 32 heavy (non-hydrogen) atoms. The van der Waals surface area contributed by atoms with Gasteiger partial charge in [0, 0.05) is 43.3 Å². The van der Waals surface area contributed by atoms with Crippen LogP contribution in [0.4, 0.5) is 10.5 Å². The van der Waals surface area contributed by atoms with Gasteiger partial charge in [-0.3, -0.25) is 9.69 Å². The van der Waals surface area contributed by atoms with Crippen molar-refractivity contribution in [3.05, 3.63) is 44.3 Å². The van der Waals surface area contributed by atoms with Crippen LogP contribution in [-0.2, 0) is 11.3 Å². The normalized spacial score (nSPS) is 14.4. The molecule has 1 fully saturated rings. The fourth-order valence-corrected chi connectivity index (χ4v) is 4.20. The first kappa shape index (κ1) is 24.7. The van der Waals surface area contributed by atoms with Gasteiger partial charge in [-0.25, -0.2) is 9.78 Å². The minimum Gasteiger partial charge on any atom is -0.379 e. The predicted molar refractivity (Wildman–Crippen MR) is 128 cm³/mol. The third kappa shape index (κ3) is 7.05. The Morgan fingerprint density at radius 2 is 2.00 bits per heavy atom. The minimum absolute atomic E-state index is 0.0764. The first-order chi connectivity index (χ1) is 15.3. The van der Waals surface area contributed by atoms with E-state index in [2.05, 4.69) is 20.5 Å². The zero-order chi connectivity index (χ0) is 23.1. The number of thiazole rings is 1. The van der Waals surface area contributed by atoms with Gasteiger partial charge in [-0.1, -0.05) is 23.2 Å². The second-order valence-corrected chi connectivity index (χ2v) is 9.37. The van der Waals surface area contributed by atoms with E-state index in [9.17, 15) is 9.59 Å². The van der Waals surface area contributed by atoms with Crippen molar-refractivity contribution in [2.75, 3.05) is 44.7 Å². The van der Waals surface area contributed by atoms with Gasteiger partial charge < -0.3 is 20.3 Å². The summed E-state index contributed by atoms with van der Waals surface area (Å²) in [6.07, 6.45) is 0. The number of urea groups is 1. The lowest BCUT2D eigenvalue weighted by Gasteiger charge is -2.26. The molecule has 1 aromatic heterocycles.